The Labute approximate surface area is 144 Å². The third-order valence-corrected chi connectivity index (χ3v) is 3.79. The summed E-state index contributed by atoms with van der Waals surface area (Å²) in [6.07, 6.45) is 2.99. The Hall–Kier alpha value is -2.49. The average molecular weight is 326 g/mol. The van der Waals surface area contributed by atoms with Crippen molar-refractivity contribution in [2.45, 2.75) is 39.2 Å². The first kappa shape index (κ1) is 17.9. The third kappa shape index (κ3) is 5.61. The van der Waals surface area contributed by atoms with Gasteiger partial charge in [-0.1, -0.05) is 50.6 Å². The zero-order valence-corrected chi connectivity index (χ0v) is 14.4. The van der Waals surface area contributed by atoms with Gasteiger partial charge in [0.15, 0.2) is 0 Å². The molecule has 2 aromatic rings. The number of benzene rings is 2. The first-order valence-electron chi connectivity index (χ1n) is 8.58. The normalized spacial score (nSPS) is 11.6. The number of rotatable bonds is 8. The summed E-state index contributed by atoms with van der Waals surface area (Å²) in [6, 6.07) is 17.2. The van der Waals surface area contributed by atoms with Gasteiger partial charge in [0.1, 0.15) is 5.75 Å². The van der Waals surface area contributed by atoms with Gasteiger partial charge in [-0.3, -0.25) is 0 Å². The fraction of sp³-hybridized carbons (Fsp3) is 0.350. The lowest BCUT2D eigenvalue weighted by Gasteiger charge is -2.18. The highest BCUT2D eigenvalue weighted by Crippen LogP contribution is 2.18. The van der Waals surface area contributed by atoms with Crippen LogP contribution in [0.2, 0.25) is 0 Å². The average Bonchev–Trinajstić information content (AvgIpc) is 2.62. The van der Waals surface area contributed by atoms with E-state index in [-0.39, 0.29) is 12.1 Å². The number of ether oxygens (including phenoxy) is 1. The SMILES string of the molecule is CCCCOc1ccc(NC(=O)NC(CC)c2ccccc2)cc1. The molecule has 0 aliphatic rings. The van der Waals surface area contributed by atoms with E-state index in [9.17, 15) is 4.79 Å². The molecule has 2 amide bonds. The first-order valence-corrected chi connectivity index (χ1v) is 8.58. The minimum Gasteiger partial charge on any atom is -0.494 e. The van der Waals surface area contributed by atoms with E-state index in [4.69, 9.17) is 4.74 Å². The maximum absolute atomic E-state index is 12.2. The van der Waals surface area contributed by atoms with E-state index >= 15 is 0 Å². The van der Waals surface area contributed by atoms with E-state index < -0.39 is 0 Å². The molecule has 4 nitrogen and oxygen atoms in total. The van der Waals surface area contributed by atoms with Crippen molar-refractivity contribution in [2.24, 2.45) is 0 Å². The molecule has 24 heavy (non-hydrogen) atoms. The lowest BCUT2D eigenvalue weighted by Crippen LogP contribution is -2.32. The maximum Gasteiger partial charge on any atom is 0.319 e. The van der Waals surface area contributed by atoms with Gasteiger partial charge in [-0.05, 0) is 42.7 Å². The van der Waals surface area contributed by atoms with Gasteiger partial charge in [-0.15, -0.1) is 0 Å². The van der Waals surface area contributed by atoms with E-state index in [0.29, 0.717) is 0 Å². The van der Waals surface area contributed by atoms with Gasteiger partial charge >= 0.3 is 6.03 Å². The Morgan fingerprint density at radius 3 is 2.38 bits per heavy atom. The predicted molar refractivity (Wildman–Crippen MR) is 98.5 cm³/mol. The van der Waals surface area contributed by atoms with Crippen molar-refractivity contribution in [2.75, 3.05) is 11.9 Å². The number of unbranched alkanes of at least 4 members (excludes halogenated alkanes) is 1. The molecule has 128 valence electrons. The summed E-state index contributed by atoms with van der Waals surface area (Å²) in [5, 5.41) is 5.87. The lowest BCUT2D eigenvalue weighted by atomic mass is 10.1. The van der Waals surface area contributed by atoms with Crippen LogP contribution in [0.5, 0.6) is 5.75 Å². The zero-order valence-electron chi connectivity index (χ0n) is 14.4. The van der Waals surface area contributed by atoms with Crippen LogP contribution in [-0.4, -0.2) is 12.6 Å². The minimum atomic E-state index is -0.203. The molecular formula is C20H26N2O2. The molecule has 0 aromatic heterocycles. The zero-order chi connectivity index (χ0) is 17.2. The maximum atomic E-state index is 12.2. The fourth-order valence-electron chi connectivity index (χ4n) is 2.40. The van der Waals surface area contributed by atoms with Crippen LogP contribution >= 0.6 is 0 Å². The van der Waals surface area contributed by atoms with Gasteiger partial charge < -0.3 is 15.4 Å². The molecule has 0 radical (unpaired) electrons. The van der Waals surface area contributed by atoms with E-state index in [1.165, 1.54) is 0 Å². The van der Waals surface area contributed by atoms with Crippen molar-refractivity contribution in [3.05, 3.63) is 60.2 Å². The van der Waals surface area contributed by atoms with Crippen LogP contribution in [0.1, 0.15) is 44.7 Å². The Bertz CT molecular complexity index is 611. The summed E-state index contributed by atoms with van der Waals surface area (Å²) in [6.45, 7) is 4.91. The molecule has 0 heterocycles. The Morgan fingerprint density at radius 2 is 1.75 bits per heavy atom. The van der Waals surface area contributed by atoms with E-state index in [1.54, 1.807) is 0 Å². The summed E-state index contributed by atoms with van der Waals surface area (Å²) < 4.78 is 5.62. The van der Waals surface area contributed by atoms with Crippen molar-refractivity contribution in [3.63, 3.8) is 0 Å². The molecule has 0 aliphatic heterocycles. The Kier molecular flexibility index (Phi) is 7.15. The van der Waals surface area contributed by atoms with Gasteiger partial charge in [-0.25, -0.2) is 4.79 Å². The number of hydrogen-bond acceptors (Lipinski definition) is 2. The monoisotopic (exact) mass is 326 g/mol. The molecular weight excluding hydrogens is 300 g/mol. The van der Waals surface area contributed by atoms with Crippen LogP contribution in [-0.2, 0) is 0 Å². The largest absolute Gasteiger partial charge is 0.494 e. The number of hydrogen-bond donors (Lipinski definition) is 2. The summed E-state index contributed by atoms with van der Waals surface area (Å²) >= 11 is 0. The van der Waals surface area contributed by atoms with Crippen LogP contribution in [0.4, 0.5) is 10.5 Å². The minimum absolute atomic E-state index is 0.00264. The molecule has 0 fully saturated rings. The molecule has 1 atom stereocenters. The van der Waals surface area contributed by atoms with Crippen LogP contribution in [0, 0.1) is 0 Å². The molecule has 0 saturated carbocycles. The fourth-order valence-corrected chi connectivity index (χ4v) is 2.40. The Morgan fingerprint density at radius 1 is 1.04 bits per heavy atom. The predicted octanol–water partition coefficient (Wildman–Crippen LogP) is 5.14. The number of nitrogens with one attached hydrogen (secondary N) is 2. The number of amides is 2. The van der Waals surface area contributed by atoms with Gasteiger partial charge in [0.05, 0.1) is 12.6 Å². The van der Waals surface area contributed by atoms with Crippen LogP contribution < -0.4 is 15.4 Å². The second kappa shape index (κ2) is 9.60. The molecule has 0 saturated heterocycles. The highest BCUT2D eigenvalue weighted by Gasteiger charge is 2.12. The van der Waals surface area contributed by atoms with Crippen molar-refractivity contribution < 1.29 is 9.53 Å². The van der Waals surface area contributed by atoms with E-state index in [1.807, 2.05) is 54.6 Å². The molecule has 0 spiro atoms. The van der Waals surface area contributed by atoms with Crippen molar-refractivity contribution in [3.8, 4) is 5.75 Å². The molecule has 2 N–H and O–H groups in total. The van der Waals surface area contributed by atoms with Gasteiger partial charge in [0.2, 0.25) is 0 Å². The smallest absolute Gasteiger partial charge is 0.319 e. The second-order valence-corrected chi connectivity index (χ2v) is 5.70. The first-order chi connectivity index (χ1) is 11.7. The molecule has 0 aliphatic carbocycles. The Balaban J connectivity index is 1.87. The summed E-state index contributed by atoms with van der Waals surface area (Å²) in [7, 11) is 0. The highest BCUT2D eigenvalue weighted by atomic mass is 16.5. The lowest BCUT2D eigenvalue weighted by molar-refractivity contribution is 0.248. The molecule has 0 bridgehead atoms. The number of anilines is 1. The van der Waals surface area contributed by atoms with Crippen molar-refractivity contribution >= 4 is 11.7 Å². The summed E-state index contributed by atoms with van der Waals surface area (Å²) in [4.78, 5) is 12.2. The quantitative estimate of drug-likeness (QED) is 0.660. The number of carbonyl (C=O) groups is 1. The van der Waals surface area contributed by atoms with E-state index in [0.717, 1.165) is 42.9 Å². The molecule has 1 unspecified atom stereocenters. The van der Waals surface area contributed by atoms with Gasteiger partial charge in [-0.2, -0.15) is 0 Å². The van der Waals surface area contributed by atoms with Gasteiger partial charge in [0.25, 0.3) is 0 Å². The van der Waals surface area contributed by atoms with Crippen molar-refractivity contribution in [1.29, 1.82) is 0 Å². The topological polar surface area (TPSA) is 50.4 Å². The standard InChI is InChI=1S/C20H26N2O2/c1-3-5-15-24-18-13-11-17(12-14-18)21-20(23)22-19(4-2)16-9-7-6-8-10-16/h6-14,19H,3-5,15H2,1-2H3,(H2,21,22,23). The molecule has 2 rings (SSSR count). The van der Waals surface area contributed by atoms with Gasteiger partial charge in [0, 0.05) is 5.69 Å². The summed E-state index contributed by atoms with van der Waals surface area (Å²) in [5.74, 6) is 0.824. The molecule has 2 aromatic carbocycles. The third-order valence-electron chi connectivity index (χ3n) is 3.79. The van der Waals surface area contributed by atoms with Crippen LogP contribution in [0.25, 0.3) is 0 Å². The van der Waals surface area contributed by atoms with E-state index in [2.05, 4.69) is 24.5 Å². The number of urea groups is 1. The highest BCUT2D eigenvalue weighted by molar-refractivity contribution is 5.89. The van der Waals surface area contributed by atoms with Crippen LogP contribution in [0.15, 0.2) is 54.6 Å². The molecule has 4 heteroatoms. The van der Waals surface area contributed by atoms with Crippen LogP contribution in [0.3, 0.4) is 0 Å². The second-order valence-electron chi connectivity index (χ2n) is 5.70. The van der Waals surface area contributed by atoms with Crippen molar-refractivity contribution in [1.82, 2.24) is 5.32 Å². The summed E-state index contributed by atoms with van der Waals surface area (Å²) in [5.41, 5.74) is 1.85. The number of carbonyl (C=O) groups excluding carboxylic acids is 1.